The van der Waals surface area contributed by atoms with Gasteiger partial charge in [0.25, 0.3) is 0 Å². The van der Waals surface area contributed by atoms with Crippen molar-refractivity contribution in [1.82, 2.24) is 20.3 Å². The van der Waals surface area contributed by atoms with Gasteiger partial charge in [-0.1, -0.05) is 20.8 Å². The van der Waals surface area contributed by atoms with E-state index in [1.807, 2.05) is 13.1 Å². The molecule has 0 saturated heterocycles. The van der Waals surface area contributed by atoms with E-state index in [4.69, 9.17) is 4.98 Å². The first-order valence-electron chi connectivity index (χ1n) is 7.26. The first-order chi connectivity index (χ1) is 9.77. The van der Waals surface area contributed by atoms with Crippen LogP contribution in [0.2, 0.25) is 0 Å². The van der Waals surface area contributed by atoms with E-state index in [9.17, 15) is 0 Å². The highest BCUT2D eigenvalue weighted by atomic mass is 32.1. The number of hydrogen-bond acceptors (Lipinski definition) is 5. The van der Waals surface area contributed by atoms with E-state index in [0.717, 1.165) is 23.6 Å². The molecule has 21 heavy (non-hydrogen) atoms. The van der Waals surface area contributed by atoms with Crippen molar-refractivity contribution in [3.05, 3.63) is 39.4 Å². The predicted octanol–water partition coefficient (Wildman–Crippen LogP) is 3.70. The van der Waals surface area contributed by atoms with Crippen LogP contribution in [0.25, 0.3) is 0 Å². The number of nitrogens with one attached hydrogen (secondary N) is 1. The Bertz CT molecular complexity index is 596. The third kappa shape index (κ3) is 4.08. The average Bonchev–Trinajstić information content (AvgIpc) is 2.80. The Labute approximate surface area is 131 Å². The number of aryl methyl sites for hydroxylation is 2. The van der Waals surface area contributed by atoms with Crippen molar-refractivity contribution in [2.24, 2.45) is 0 Å². The van der Waals surface area contributed by atoms with Crippen molar-refractivity contribution in [1.29, 1.82) is 0 Å². The molecule has 2 aromatic rings. The SMILES string of the molecule is Cc1cnc(CNC(C)c2sc(C(C)(C)C)nc2C)cn1. The minimum absolute atomic E-state index is 0.107. The Morgan fingerprint density at radius 2 is 1.90 bits per heavy atom. The number of thiazole rings is 1. The molecule has 0 spiro atoms. The molecule has 0 saturated carbocycles. The van der Waals surface area contributed by atoms with Gasteiger partial charge < -0.3 is 5.32 Å². The largest absolute Gasteiger partial charge is 0.304 e. The fraction of sp³-hybridized carbons (Fsp3) is 0.562. The van der Waals surface area contributed by atoms with Crippen molar-refractivity contribution in [3.63, 3.8) is 0 Å². The van der Waals surface area contributed by atoms with Gasteiger partial charge in [-0.3, -0.25) is 9.97 Å². The molecule has 0 radical (unpaired) electrons. The normalized spacial score (nSPS) is 13.4. The topological polar surface area (TPSA) is 50.7 Å². The second-order valence-corrected chi connectivity index (χ2v) is 7.50. The fourth-order valence-electron chi connectivity index (χ4n) is 1.99. The van der Waals surface area contributed by atoms with E-state index in [0.29, 0.717) is 0 Å². The maximum absolute atomic E-state index is 4.72. The summed E-state index contributed by atoms with van der Waals surface area (Å²) < 4.78 is 0. The summed E-state index contributed by atoms with van der Waals surface area (Å²) in [6, 6.07) is 0.265. The van der Waals surface area contributed by atoms with Crippen molar-refractivity contribution >= 4 is 11.3 Å². The Balaban J connectivity index is 2.05. The molecule has 0 amide bonds. The number of hydrogen-bond donors (Lipinski definition) is 1. The lowest BCUT2D eigenvalue weighted by Gasteiger charge is -2.14. The summed E-state index contributed by atoms with van der Waals surface area (Å²) >= 11 is 1.80. The Morgan fingerprint density at radius 1 is 1.19 bits per heavy atom. The third-order valence-electron chi connectivity index (χ3n) is 3.29. The van der Waals surface area contributed by atoms with Gasteiger partial charge in [0, 0.05) is 35.3 Å². The fourth-order valence-corrected chi connectivity index (χ4v) is 3.14. The van der Waals surface area contributed by atoms with Crippen LogP contribution in [0.1, 0.15) is 60.7 Å². The lowest BCUT2D eigenvalue weighted by atomic mass is 9.98. The molecule has 1 unspecified atom stereocenters. The minimum atomic E-state index is 0.107. The number of rotatable bonds is 4. The summed E-state index contributed by atoms with van der Waals surface area (Å²) in [7, 11) is 0. The molecule has 2 aromatic heterocycles. The zero-order valence-corrected chi connectivity index (χ0v) is 14.5. The lowest BCUT2D eigenvalue weighted by molar-refractivity contribution is 0.570. The van der Waals surface area contributed by atoms with Crippen LogP contribution < -0.4 is 5.32 Å². The summed E-state index contributed by atoms with van der Waals surface area (Å²) in [6.45, 7) is 13.5. The molecule has 114 valence electrons. The molecule has 1 atom stereocenters. The van der Waals surface area contributed by atoms with Crippen molar-refractivity contribution in [3.8, 4) is 0 Å². The van der Waals surface area contributed by atoms with E-state index in [1.165, 1.54) is 9.88 Å². The third-order valence-corrected chi connectivity index (χ3v) is 5.06. The Kier molecular flexibility index (Phi) is 4.74. The van der Waals surface area contributed by atoms with Crippen LogP contribution in [0, 0.1) is 13.8 Å². The van der Waals surface area contributed by atoms with Gasteiger partial charge in [0.15, 0.2) is 0 Å². The van der Waals surface area contributed by atoms with E-state index in [2.05, 4.69) is 49.9 Å². The smallest absolute Gasteiger partial charge is 0.0985 e. The molecule has 0 aliphatic carbocycles. The van der Waals surface area contributed by atoms with Gasteiger partial charge in [-0.2, -0.15) is 0 Å². The van der Waals surface area contributed by atoms with Crippen LogP contribution >= 0.6 is 11.3 Å². The maximum Gasteiger partial charge on any atom is 0.0985 e. The van der Waals surface area contributed by atoms with E-state index < -0.39 is 0 Å². The minimum Gasteiger partial charge on any atom is -0.304 e. The quantitative estimate of drug-likeness (QED) is 0.935. The average molecular weight is 304 g/mol. The highest BCUT2D eigenvalue weighted by Gasteiger charge is 2.22. The second kappa shape index (κ2) is 6.20. The maximum atomic E-state index is 4.72. The molecule has 0 aliphatic rings. The molecule has 0 bridgehead atoms. The highest BCUT2D eigenvalue weighted by Crippen LogP contribution is 2.32. The predicted molar refractivity (Wildman–Crippen MR) is 87.6 cm³/mol. The summed E-state index contributed by atoms with van der Waals surface area (Å²) in [5, 5.41) is 4.70. The van der Waals surface area contributed by atoms with Crippen LogP contribution in [0.4, 0.5) is 0 Å². The second-order valence-electron chi connectivity index (χ2n) is 6.47. The van der Waals surface area contributed by atoms with Crippen LogP contribution in [0.5, 0.6) is 0 Å². The zero-order valence-electron chi connectivity index (χ0n) is 13.7. The van der Waals surface area contributed by atoms with E-state index >= 15 is 0 Å². The first-order valence-corrected chi connectivity index (χ1v) is 8.07. The van der Waals surface area contributed by atoms with Gasteiger partial charge in [-0.25, -0.2) is 4.98 Å². The molecule has 2 rings (SSSR count). The standard InChI is InChI=1S/C16H24N4S/c1-10-7-19-13(8-17-10)9-18-11(2)14-12(3)20-15(21-14)16(4,5)6/h7-8,11,18H,9H2,1-6H3. The summed E-state index contributed by atoms with van der Waals surface area (Å²) in [6.07, 6.45) is 3.63. The van der Waals surface area contributed by atoms with E-state index in [1.54, 1.807) is 17.5 Å². The summed E-state index contributed by atoms with van der Waals surface area (Å²) in [4.78, 5) is 14.7. The van der Waals surface area contributed by atoms with Gasteiger partial charge in [-0.05, 0) is 20.8 Å². The molecular formula is C16H24N4S. The number of nitrogens with zero attached hydrogens (tertiary/aromatic N) is 3. The van der Waals surface area contributed by atoms with Crippen LogP contribution in [0.3, 0.4) is 0 Å². The Morgan fingerprint density at radius 3 is 2.43 bits per heavy atom. The van der Waals surface area contributed by atoms with Crippen LogP contribution in [-0.4, -0.2) is 15.0 Å². The van der Waals surface area contributed by atoms with Crippen molar-refractivity contribution in [2.45, 2.75) is 59.5 Å². The van der Waals surface area contributed by atoms with Crippen molar-refractivity contribution < 1.29 is 0 Å². The summed E-state index contributed by atoms with van der Waals surface area (Å²) in [5.41, 5.74) is 3.14. The van der Waals surface area contributed by atoms with E-state index in [-0.39, 0.29) is 11.5 Å². The van der Waals surface area contributed by atoms with Gasteiger partial charge in [0.2, 0.25) is 0 Å². The number of aromatic nitrogens is 3. The molecule has 0 fully saturated rings. The highest BCUT2D eigenvalue weighted by molar-refractivity contribution is 7.12. The lowest BCUT2D eigenvalue weighted by Crippen LogP contribution is -2.18. The van der Waals surface area contributed by atoms with Crippen molar-refractivity contribution in [2.75, 3.05) is 0 Å². The Hall–Kier alpha value is -1.33. The van der Waals surface area contributed by atoms with Crippen LogP contribution in [-0.2, 0) is 12.0 Å². The zero-order chi connectivity index (χ0) is 15.6. The van der Waals surface area contributed by atoms with Gasteiger partial charge in [-0.15, -0.1) is 11.3 Å². The molecule has 0 aliphatic heterocycles. The molecule has 1 N–H and O–H groups in total. The molecule has 5 heteroatoms. The molecule has 2 heterocycles. The van der Waals surface area contributed by atoms with Gasteiger partial charge in [0.05, 0.1) is 22.1 Å². The first kappa shape index (κ1) is 16.0. The molecular weight excluding hydrogens is 280 g/mol. The monoisotopic (exact) mass is 304 g/mol. The molecule has 4 nitrogen and oxygen atoms in total. The van der Waals surface area contributed by atoms with Gasteiger partial charge in [0.1, 0.15) is 0 Å². The summed E-state index contributed by atoms with van der Waals surface area (Å²) in [5.74, 6) is 0. The van der Waals surface area contributed by atoms with Crippen LogP contribution in [0.15, 0.2) is 12.4 Å². The molecule has 0 aromatic carbocycles. The van der Waals surface area contributed by atoms with Gasteiger partial charge >= 0.3 is 0 Å².